The molecule has 8 nitrogen and oxygen atoms in total. The van der Waals surface area contributed by atoms with Crippen molar-refractivity contribution >= 4 is 17.6 Å². The Balaban J connectivity index is 1.23. The predicted octanol–water partition coefficient (Wildman–Crippen LogP) is 3.09. The minimum atomic E-state index is -1.81. The first kappa shape index (κ1) is 28.5. The van der Waals surface area contributed by atoms with Gasteiger partial charge < -0.3 is 35.1 Å². The van der Waals surface area contributed by atoms with Crippen molar-refractivity contribution in [2.75, 3.05) is 32.6 Å². The number of nitrogens with one attached hydrogen (secondary N) is 2. The Morgan fingerprint density at radius 3 is 2.79 bits per heavy atom. The molecular formula is C33H45FN3O5+. The van der Waals surface area contributed by atoms with Gasteiger partial charge in [-0.2, -0.15) is 0 Å². The third-order valence-corrected chi connectivity index (χ3v) is 12.2. The summed E-state index contributed by atoms with van der Waals surface area (Å²) in [4.78, 5) is 3.37. The molecule has 4 aliphatic carbocycles. The molecule has 1 spiro atoms. The molecule has 1 aromatic carbocycles. The van der Waals surface area contributed by atoms with E-state index in [0.29, 0.717) is 31.6 Å². The first-order valence-electron chi connectivity index (χ1n) is 15.5. The second kappa shape index (κ2) is 9.86. The average molecular weight is 583 g/mol. The highest BCUT2D eigenvalue weighted by Crippen LogP contribution is 2.73. The molecule has 1 aromatic rings. The Hall–Kier alpha value is -2.30. The van der Waals surface area contributed by atoms with E-state index in [0.717, 1.165) is 35.4 Å². The van der Waals surface area contributed by atoms with Crippen LogP contribution in [0.2, 0.25) is 0 Å². The molecule has 9 heteroatoms. The lowest BCUT2D eigenvalue weighted by molar-refractivity contribution is -0.347. The van der Waals surface area contributed by atoms with Crippen molar-refractivity contribution in [2.45, 2.75) is 82.5 Å². The second-order valence-corrected chi connectivity index (χ2v) is 13.9. The molecule has 228 valence electrons. The van der Waals surface area contributed by atoms with E-state index in [-0.39, 0.29) is 43.5 Å². The number of aliphatic hydroxyl groups is 1. The minimum Gasteiger partial charge on any atom is -0.398 e. The molecule has 7 rings (SSSR count). The molecule has 2 aliphatic heterocycles. The van der Waals surface area contributed by atoms with E-state index in [1.54, 1.807) is 0 Å². The highest BCUT2D eigenvalue weighted by Gasteiger charge is 2.78. The fraction of sp³-hybridized carbons (Fsp3) is 0.667. The van der Waals surface area contributed by atoms with Gasteiger partial charge in [0.25, 0.3) is 0 Å². The lowest BCUT2D eigenvalue weighted by Gasteiger charge is -2.64. The zero-order valence-corrected chi connectivity index (χ0v) is 25.1. The smallest absolute Gasteiger partial charge is 0.205 e. The molecule has 0 aromatic heterocycles. The quantitative estimate of drug-likeness (QED) is 0.404. The Labute approximate surface area is 247 Å². The molecule has 2 heterocycles. The van der Waals surface area contributed by atoms with Crippen LogP contribution in [0, 0.1) is 28.6 Å². The maximum Gasteiger partial charge on any atom is 0.205 e. The topological polar surface area (TPSA) is 109 Å². The number of aliphatic hydroxyl groups excluding tert-OH is 1. The fourth-order valence-electron chi connectivity index (χ4n) is 10.2. The highest BCUT2D eigenvalue weighted by atomic mass is 19.1. The van der Waals surface area contributed by atoms with Crippen molar-refractivity contribution in [1.82, 2.24) is 0 Å². The summed E-state index contributed by atoms with van der Waals surface area (Å²) in [5.74, 6) is -0.169. The molecular weight excluding hydrogens is 537 g/mol. The molecule has 2 unspecified atom stereocenters. The van der Waals surface area contributed by atoms with E-state index in [2.05, 4.69) is 24.2 Å². The summed E-state index contributed by atoms with van der Waals surface area (Å²) in [6.07, 6.45) is 5.15. The van der Waals surface area contributed by atoms with Crippen molar-refractivity contribution in [1.29, 1.82) is 0 Å². The lowest BCUT2D eigenvalue weighted by atomic mass is 9.43. The maximum atomic E-state index is 18.2. The molecule has 10 atom stereocenters. The van der Waals surface area contributed by atoms with Crippen LogP contribution in [-0.4, -0.2) is 68.1 Å². The van der Waals surface area contributed by atoms with Crippen LogP contribution >= 0.6 is 0 Å². The van der Waals surface area contributed by atoms with Crippen LogP contribution in [0.15, 0.2) is 47.2 Å². The lowest BCUT2D eigenvalue weighted by Crippen LogP contribution is -2.70. The molecule has 0 bridgehead atoms. The number of anilines is 1. The minimum absolute atomic E-state index is 0.0314. The molecule has 5 fully saturated rings. The maximum absolute atomic E-state index is 18.2. The average Bonchev–Trinajstić information content (AvgIpc) is 3.70. The fourth-order valence-corrected chi connectivity index (χ4v) is 10.2. The van der Waals surface area contributed by atoms with Gasteiger partial charge in [0.15, 0.2) is 6.21 Å². The monoisotopic (exact) mass is 582 g/mol. The van der Waals surface area contributed by atoms with Crippen LogP contribution in [0.1, 0.15) is 52.9 Å². The summed E-state index contributed by atoms with van der Waals surface area (Å²) >= 11 is 0. The summed E-state index contributed by atoms with van der Waals surface area (Å²) in [6, 6.07) is 7.97. The molecule has 42 heavy (non-hydrogen) atoms. The van der Waals surface area contributed by atoms with Gasteiger partial charge in [-0.25, -0.2) is 9.38 Å². The van der Waals surface area contributed by atoms with E-state index < -0.39 is 28.2 Å². The first-order chi connectivity index (χ1) is 20.1. The van der Waals surface area contributed by atoms with E-state index in [4.69, 9.17) is 24.7 Å². The van der Waals surface area contributed by atoms with E-state index >= 15 is 4.39 Å². The molecule has 2 saturated heterocycles. The number of rotatable bonds is 4. The molecule has 5 N–H and O–H groups in total. The SMILES string of the molecule is CNc1cccc([NH+]=CC2=C(N)C=C3CC[C@H]4[C@@H]5C[C@H](C)[C@@]6(OCOC6C6COCO6)[C@@]5(C)C[C@H](O)[C@]4(F)[C@@]3(C)C2)c1. The number of fused-ring (bicyclic) bond motifs is 6. The number of ether oxygens (including phenoxy) is 4. The van der Waals surface area contributed by atoms with Gasteiger partial charge in [-0.15, -0.1) is 0 Å². The number of alkyl halides is 1. The molecule has 3 saturated carbocycles. The number of nitrogens with two attached hydrogens (primary N) is 1. The van der Waals surface area contributed by atoms with Gasteiger partial charge in [0.05, 0.1) is 12.7 Å². The number of hydrogen-bond acceptors (Lipinski definition) is 7. The van der Waals surface area contributed by atoms with Crippen LogP contribution in [0.25, 0.3) is 0 Å². The van der Waals surface area contributed by atoms with Crippen molar-refractivity contribution < 1.29 is 33.4 Å². The molecule has 6 aliphatic rings. The number of benzene rings is 1. The number of halogens is 1. The van der Waals surface area contributed by atoms with E-state index in [1.807, 2.05) is 50.5 Å². The van der Waals surface area contributed by atoms with Crippen LogP contribution in [-0.2, 0) is 18.9 Å². The third kappa shape index (κ3) is 3.67. The van der Waals surface area contributed by atoms with Gasteiger partial charge in [-0.3, -0.25) is 0 Å². The molecule has 0 amide bonds. The zero-order valence-electron chi connectivity index (χ0n) is 25.1. The predicted molar refractivity (Wildman–Crippen MR) is 157 cm³/mol. The first-order valence-corrected chi connectivity index (χ1v) is 15.5. The highest BCUT2D eigenvalue weighted by molar-refractivity contribution is 5.78. The van der Waals surface area contributed by atoms with Crippen molar-refractivity contribution in [2.24, 2.45) is 34.3 Å². The van der Waals surface area contributed by atoms with Gasteiger partial charge in [0, 0.05) is 52.9 Å². The summed E-state index contributed by atoms with van der Waals surface area (Å²) in [6.45, 7) is 7.29. The summed E-state index contributed by atoms with van der Waals surface area (Å²) in [5.41, 5.74) is 7.17. The van der Waals surface area contributed by atoms with Gasteiger partial charge in [0.1, 0.15) is 37.1 Å². The summed E-state index contributed by atoms with van der Waals surface area (Å²) in [7, 11) is 1.88. The van der Waals surface area contributed by atoms with Crippen molar-refractivity contribution in [3.8, 4) is 0 Å². The second-order valence-electron chi connectivity index (χ2n) is 13.9. The van der Waals surface area contributed by atoms with Crippen LogP contribution < -0.4 is 16.0 Å². The van der Waals surface area contributed by atoms with Crippen LogP contribution in [0.4, 0.5) is 15.8 Å². The number of allylic oxidation sites excluding steroid dienone is 3. The van der Waals surface area contributed by atoms with Crippen molar-refractivity contribution in [3.63, 3.8) is 0 Å². The summed E-state index contributed by atoms with van der Waals surface area (Å²) in [5, 5.41) is 15.2. The van der Waals surface area contributed by atoms with E-state index in [9.17, 15) is 5.11 Å². The standard InChI is InChI=1S/C33H44FN3O5/c1-19-10-25-24-9-8-21-11-26(35)20(15-37-23-7-5-6-22(12-23)36-4)13-30(21,2)32(24,34)28(38)14-31(25,3)33(19)29(41-18-42-33)27-16-39-17-40-27/h5-7,11-12,15,19,24-25,27-29,36,38H,8-10,13-14,16-18,35H2,1-4H3/p+1/t19-,24-,25-,27?,28-,29?,30-,31-,32-,33-/m0/s1. The van der Waals surface area contributed by atoms with E-state index in [1.165, 1.54) is 0 Å². The Morgan fingerprint density at radius 2 is 2.02 bits per heavy atom. The van der Waals surface area contributed by atoms with Crippen LogP contribution in [0.5, 0.6) is 0 Å². The van der Waals surface area contributed by atoms with Gasteiger partial charge >= 0.3 is 0 Å². The third-order valence-electron chi connectivity index (χ3n) is 12.2. The largest absolute Gasteiger partial charge is 0.398 e. The number of hydrogen-bond donors (Lipinski definition) is 4. The Morgan fingerprint density at radius 1 is 1.19 bits per heavy atom. The van der Waals surface area contributed by atoms with Gasteiger partial charge in [0.2, 0.25) is 5.69 Å². The zero-order chi connectivity index (χ0) is 29.5. The van der Waals surface area contributed by atoms with Crippen LogP contribution in [0.3, 0.4) is 0 Å². The van der Waals surface area contributed by atoms with Gasteiger partial charge in [-0.05, 0) is 56.1 Å². The van der Waals surface area contributed by atoms with Crippen molar-refractivity contribution in [3.05, 3.63) is 47.2 Å². The summed E-state index contributed by atoms with van der Waals surface area (Å²) < 4.78 is 42.5. The Bertz CT molecular complexity index is 1340. The normalized spacial score (nSPS) is 46.6. The Kier molecular flexibility index (Phi) is 6.68. The van der Waals surface area contributed by atoms with Gasteiger partial charge in [-0.1, -0.05) is 32.4 Å². The molecule has 0 radical (unpaired) electrons.